The van der Waals surface area contributed by atoms with Crippen molar-refractivity contribution in [3.05, 3.63) is 89.5 Å². The maximum atomic E-state index is 13.6. The van der Waals surface area contributed by atoms with E-state index in [1.165, 1.54) is 11.3 Å². The van der Waals surface area contributed by atoms with E-state index in [0.717, 1.165) is 23.2 Å². The highest BCUT2D eigenvalue weighted by molar-refractivity contribution is 7.22. The molecule has 4 aromatic rings. The largest absolute Gasteiger partial charge is 0.494 e. The van der Waals surface area contributed by atoms with E-state index in [0.29, 0.717) is 34.1 Å². The molecule has 35 heavy (non-hydrogen) atoms. The third-order valence-corrected chi connectivity index (χ3v) is 6.53. The van der Waals surface area contributed by atoms with Crippen LogP contribution in [0.15, 0.2) is 72.8 Å². The van der Waals surface area contributed by atoms with E-state index in [-0.39, 0.29) is 24.1 Å². The van der Waals surface area contributed by atoms with Crippen molar-refractivity contribution < 1.29 is 14.3 Å². The summed E-state index contributed by atoms with van der Waals surface area (Å²) in [6.45, 7) is 1.38. The van der Waals surface area contributed by atoms with E-state index >= 15 is 0 Å². The molecule has 8 heteroatoms. The van der Waals surface area contributed by atoms with Gasteiger partial charge >= 0.3 is 0 Å². The van der Waals surface area contributed by atoms with Crippen LogP contribution in [0.4, 0.5) is 5.13 Å². The van der Waals surface area contributed by atoms with Gasteiger partial charge in [0, 0.05) is 23.2 Å². The van der Waals surface area contributed by atoms with Gasteiger partial charge in [0.25, 0.3) is 5.91 Å². The number of anilines is 1. The minimum atomic E-state index is -0.143. The van der Waals surface area contributed by atoms with Crippen molar-refractivity contribution in [2.75, 3.05) is 39.2 Å². The molecule has 0 bridgehead atoms. The zero-order valence-electron chi connectivity index (χ0n) is 19.9. The number of ketones is 1. The van der Waals surface area contributed by atoms with Gasteiger partial charge in [-0.25, -0.2) is 4.98 Å². The topological polar surface area (TPSA) is 62.7 Å². The normalized spacial score (nSPS) is 10.7. The third kappa shape index (κ3) is 6.06. The number of carbonyl (C=O) groups excluding carboxylic acids is 2. The molecule has 0 atom stereocenters. The Morgan fingerprint density at radius 2 is 1.51 bits per heavy atom. The molecule has 0 fully saturated rings. The zero-order chi connectivity index (χ0) is 24.1. The number of carbonyl (C=O) groups is 2. The molecule has 182 valence electrons. The number of para-hydroxylation sites is 1. The lowest BCUT2D eigenvalue weighted by molar-refractivity contribution is 0.0983. The van der Waals surface area contributed by atoms with Crippen molar-refractivity contribution >= 4 is 50.8 Å². The summed E-state index contributed by atoms with van der Waals surface area (Å²) in [5.74, 6) is 0.473. The van der Waals surface area contributed by atoms with Crippen molar-refractivity contribution in [2.45, 2.75) is 6.42 Å². The van der Waals surface area contributed by atoms with E-state index < -0.39 is 0 Å². The Balaban J connectivity index is 0.00000342. The Bertz CT molecular complexity index is 1290. The monoisotopic (exact) mass is 509 g/mol. The zero-order valence-corrected chi connectivity index (χ0v) is 21.6. The molecule has 0 spiro atoms. The number of hydrogen-bond acceptors (Lipinski definition) is 6. The minimum Gasteiger partial charge on any atom is -0.494 e. The van der Waals surface area contributed by atoms with E-state index in [4.69, 9.17) is 9.72 Å². The standard InChI is InChI=1S/C27H27N3O3S.ClH/c1-29(2)17-8-18-30(27-28-24-22(33-3)11-7-12-23(24)34-27)26(32)21-15-13-20(14-16-21)25(31)19-9-5-4-6-10-19;/h4-7,9-16H,8,17-18H2,1-3H3;1H. The van der Waals surface area contributed by atoms with Crippen molar-refractivity contribution in [3.63, 3.8) is 0 Å². The lowest BCUT2D eigenvalue weighted by Crippen LogP contribution is -2.33. The van der Waals surface area contributed by atoms with Crippen LogP contribution >= 0.6 is 23.7 Å². The fourth-order valence-electron chi connectivity index (χ4n) is 3.70. The molecule has 3 aromatic carbocycles. The summed E-state index contributed by atoms with van der Waals surface area (Å²) < 4.78 is 6.41. The maximum absolute atomic E-state index is 13.6. The van der Waals surface area contributed by atoms with Crippen molar-refractivity contribution in [2.24, 2.45) is 0 Å². The molecule has 0 radical (unpaired) electrons. The first-order valence-corrected chi connectivity index (χ1v) is 11.9. The first-order chi connectivity index (χ1) is 16.5. The molecular weight excluding hydrogens is 482 g/mol. The summed E-state index contributed by atoms with van der Waals surface area (Å²) in [7, 11) is 5.64. The summed E-state index contributed by atoms with van der Waals surface area (Å²) in [5.41, 5.74) is 2.43. The number of ether oxygens (including phenoxy) is 1. The highest BCUT2D eigenvalue weighted by atomic mass is 35.5. The predicted octanol–water partition coefficient (Wildman–Crippen LogP) is 5.56. The van der Waals surface area contributed by atoms with Crippen molar-refractivity contribution in [1.82, 2.24) is 9.88 Å². The van der Waals surface area contributed by atoms with E-state index in [9.17, 15) is 9.59 Å². The molecule has 0 aliphatic heterocycles. The minimum absolute atomic E-state index is 0. The van der Waals surface area contributed by atoms with Crippen LogP contribution in [0.1, 0.15) is 32.7 Å². The Kier molecular flexibility index (Phi) is 8.98. The van der Waals surface area contributed by atoms with E-state index in [1.54, 1.807) is 48.4 Å². The number of fused-ring (bicyclic) bond motifs is 1. The van der Waals surface area contributed by atoms with Crippen LogP contribution in [-0.4, -0.2) is 55.9 Å². The average Bonchev–Trinajstić information content (AvgIpc) is 3.30. The molecule has 1 aromatic heterocycles. The van der Waals surface area contributed by atoms with Crippen molar-refractivity contribution in [1.29, 1.82) is 0 Å². The van der Waals surface area contributed by atoms with Gasteiger partial charge in [-0.3, -0.25) is 14.5 Å². The molecule has 0 unspecified atom stereocenters. The van der Waals surface area contributed by atoms with Crippen LogP contribution in [0.5, 0.6) is 5.75 Å². The molecule has 0 aliphatic carbocycles. The van der Waals surface area contributed by atoms with Crippen LogP contribution in [0.3, 0.4) is 0 Å². The number of amides is 1. The molecule has 6 nitrogen and oxygen atoms in total. The number of nitrogens with zero attached hydrogens (tertiary/aromatic N) is 3. The molecule has 1 amide bonds. The van der Waals surface area contributed by atoms with Crippen LogP contribution in [-0.2, 0) is 0 Å². The van der Waals surface area contributed by atoms with Gasteiger partial charge in [-0.15, -0.1) is 12.4 Å². The number of methoxy groups -OCH3 is 1. The second kappa shape index (κ2) is 11.9. The van der Waals surface area contributed by atoms with Crippen molar-refractivity contribution in [3.8, 4) is 5.75 Å². The Morgan fingerprint density at radius 3 is 2.17 bits per heavy atom. The van der Waals surface area contributed by atoms with Gasteiger partial charge in [0.1, 0.15) is 11.3 Å². The van der Waals surface area contributed by atoms with E-state index in [1.807, 2.05) is 50.5 Å². The molecule has 4 rings (SSSR count). The number of rotatable bonds is 9. The summed E-state index contributed by atoms with van der Waals surface area (Å²) >= 11 is 1.47. The lowest BCUT2D eigenvalue weighted by Gasteiger charge is -2.21. The van der Waals surface area contributed by atoms with Gasteiger partial charge < -0.3 is 9.64 Å². The Hall–Kier alpha value is -3.26. The van der Waals surface area contributed by atoms with Gasteiger partial charge in [0.2, 0.25) is 0 Å². The number of halogens is 1. The fraction of sp³-hybridized carbons (Fsp3) is 0.222. The van der Waals surface area contributed by atoms with Crippen LogP contribution < -0.4 is 9.64 Å². The predicted molar refractivity (Wildman–Crippen MR) is 145 cm³/mol. The summed E-state index contributed by atoms with van der Waals surface area (Å²) in [6.07, 6.45) is 0.802. The summed E-state index contributed by atoms with van der Waals surface area (Å²) in [6, 6.07) is 21.7. The fourth-order valence-corrected chi connectivity index (χ4v) is 4.70. The van der Waals surface area contributed by atoms with Gasteiger partial charge in [-0.05, 0) is 51.3 Å². The maximum Gasteiger partial charge on any atom is 0.260 e. The lowest BCUT2D eigenvalue weighted by atomic mass is 10.0. The molecule has 0 saturated carbocycles. The summed E-state index contributed by atoms with van der Waals surface area (Å²) in [4.78, 5) is 34.9. The highest BCUT2D eigenvalue weighted by Gasteiger charge is 2.22. The highest BCUT2D eigenvalue weighted by Crippen LogP contribution is 2.34. The molecule has 0 N–H and O–H groups in total. The first kappa shape index (κ1) is 26.3. The van der Waals surface area contributed by atoms with E-state index in [2.05, 4.69) is 4.90 Å². The van der Waals surface area contributed by atoms with Crippen LogP contribution in [0.2, 0.25) is 0 Å². The first-order valence-electron chi connectivity index (χ1n) is 11.1. The van der Waals surface area contributed by atoms with Gasteiger partial charge in [-0.2, -0.15) is 0 Å². The molecule has 0 aliphatic rings. The Morgan fingerprint density at radius 1 is 0.857 bits per heavy atom. The van der Waals surface area contributed by atoms with Gasteiger partial charge in [-0.1, -0.05) is 59.9 Å². The molecule has 0 saturated heterocycles. The second-order valence-corrected chi connectivity index (χ2v) is 9.20. The summed E-state index contributed by atoms with van der Waals surface area (Å²) in [5, 5.41) is 0.632. The average molecular weight is 510 g/mol. The van der Waals surface area contributed by atoms with Gasteiger partial charge in [0.15, 0.2) is 10.9 Å². The second-order valence-electron chi connectivity index (χ2n) is 8.19. The van der Waals surface area contributed by atoms with Crippen LogP contribution in [0, 0.1) is 0 Å². The van der Waals surface area contributed by atoms with Crippen LogP contribution in [0.25, 0.3) is 10.2 Å². The number of benzene rings is 3. The quantitative estimate of drug-likeness (QED) is 0.276. The number of thiazole rings is 1. The smallest absolute Gasteiger partial charge is 0.260 e. The number of hydrogen-bond donors (Lipinski definition) is 0. The molecular formula is C27H28ClN3O3S. The Labute approximate surface area is 215 Å². The SMILES string of the molecule is COc1cccc2sc(N(CCCN(C)C)C(=O)c3ccc(C(=O)c4ccccc4)cc3)nc12.Cl. The third-order valence-electron chi connectivity index (χ3n) is 5.48. The molecule has 1 heterocycles. The number of aromatic nitrogens is 1. The van der Waals surface area contributed by atoms with Gasteiger partial charge in [0.05, 0.1) is 11.8 Å².